The molecule has 1 aliphatic heterocycles. The van der Waals surface area contributed by atoms with Crippen LogP contribution in [-0.4, -0.2) is 25.9 Å². The minimum Gasteiger partial charge on any atom is -0.376 e. The number of unbranched alkanes of at least 4 members (excludes halogenated alkanes) is 2. The largest absolute Gasteiger partial charge is 0.376 e. The molecule has 0 unspecified atom stereocenters. The van der Waals surface area contributed by atoms with E-state index in [-0.39, 0.29) is 0 Å². The fourth-order valence-electron chi connectivity index (χ4n) is 0.866. The van der Waals surface area contributed by atoms with Gasteiger partial charge in [-0.05, 0) is 12.8 Å². The predicted octanol–water partition coefficient (Wildman–Crippen LogP) is 1.10. The lowest BCUT2D eigenvalue weighted by Gasteiger charge is -2.25. The Labute approximate surface area is 66.9 Å². The summed E-state index contributed by atoms with van der Waals surface area (Å²) in [5.74, 6) is 0. The molecule has 0 aromatic rings. The molecule has 3 nitrogen and oxygen atoms in total. The van der Waals surface area contributed by atoms with E-state index >= 15 is 0 Å². The Morgan fingerprint density at radius 1 is 1.45 bits per heavy atom. The third kappa shape index (κ3) is 3.35. The normalized spacial score (nSPS) is 17.4. The second-order valence-electron chi connectivity index (χ2n) is 2.65. The van der Waals surface area contributed by atoms with Crippen molar-refractivity contribution in [3.8, 4) is 6.07 Å². The van der Waals surface area contributed by atoms with Crippen LogP contribution < -0.4 is 0 Å². The van der Waals surface area contributed by atoms with E-state index in [1.807, 2.05) is 0 Å². The number of ether oxygens (including phenoxy) is 2. The van der Waals surface area contributed by atoms with Crippen LogP contribution in [0.25, 0.3) is 0 Å². The highest BCUT2D eigenvalue weighted by Crippen LogP contribution is 2.06. The van der Waals surface area contributed by atoms with Gasteiger partial charge in [0.15, 0.2) is 0 Å². The van der Waals surface area contributed by atoms with Crippen LogP contribution in [0.1, 0.15) is 19.3 Å². The quantitative estimate of drug-likeness (QED) is 0.558. The van der Waals surface area contributed by atoms with Gasteiger partial charge in [0.05, 0.1) is 19.3 Å². The Bertz CT molecular complexity index is 138. The highest BCUT2D eigenvalue weighted by molar-refractivity contribution is 4.68. The number of nitriles is 1. The van der Waals surface area contributed by atoms with Crippen molar-refractivity contribution in [3.05, 3.63) is 0 Å². The van der Waals surface area contributed by atoms with Crippen molar-refractivity contribution in [3.63, 3.8) is 0 Å². The first-order valence-corrected chi connectivity index (χ1v) is 4.00. The molecule has 1 aliphatic rings. The summed E-state index contributed by atoms with van der Waals surface area (Å²) in [6.45, 7) is 2.27. The van der Waals surface area contributed by atoms with Crippen molar-refractivity contribution in [2.75, 3.05) is 19.8 Å². The van der Waals surface area contributed by atoms with Crippen molar-refractivity contribution in [1.29, 1.82) is 5.26 Å². The summed E-state index contributed by atoms with van der Waals surface area (Å²) in [5, 5.41) is 8.22. The van der Waals surface area contributed by atoms with Gasteiger partial charge in [0.2, 0.25) is 0 Å². The molecule has 0 aliphatic carbocycles. The molecule has 1 heterocycles. The van der Waals surface area contributed by atoms with Crippen LogP contribution in [0.5, 0.6) is 0 Å². The summed E-state index contributed by atoms with van der Waals surface area (Å²) in [6, 6.07) is 2.10. The topological polar surface area (TPSA) is 42.2 Å². The van der Waals surface area contributed by atoms with Crippen LogP contribution >= 0.6 is 0 Å². The lowest BCUT2D eigenvalue weighted by molar-refractivity contribution is -0.129. The van der Waals surface area contributed by atoms with Crippen molar-refractivity contribution in [2.24, 2.45) is 0 Å². The molecule has 0 aromatic carbocycles. The summed E-state index contributed by atoms with van der Waals surface area (Å²) in [7, 11) is 0. The molecule has 0 radical (unpaired) electrons. The Morgan fingerprint density at radius 2 is 2.27 bits per heavy atom. The van der Waals surface area contributed by atoms with Gasteiger partial charge >= 0.3 is 0 Å². The second kappa shape index (κ2) is 5.11. The Kier molecular flexibility index (Phi) is 3.95. The van der Waals surface area contributed by atoms with Crippen LogP contribution in [0.4, 0.5) is 0 Å². The molecule has 0 bridgehead atoms. The molecule has 3 heteroatoms. The van der Waals surface area contributed by atoms with Gasteiger partial charge in [-0.25, -0.2) is 0 Å². The molecule has 0 amide bonds. The van der Waals surface area contributed by atoms with Crippen LogP contribution in [0.15, 0.2) is 0 Å². The first-order valence-electron chi connectivity index (χ1n) is 4.00. The maximum atomic E-state index is 8.22. The van der Waals surface area contributed by atoms with Crippen molar-refractivity contribution >= 4 is 0 Å². The summed E-state index contributed by atoms with van der Waals surface area (Å²) < 4.78 is 10.3. The van der Waals surface area contributed by atoms with Crippen LogP contribution in [0, 0.1) is 11.3 Å². The standard InChI is InChI=1S/C8H13NO2/c9-4-2-1-3-5-11-8-6-10-7-8/h8H,1-3,5-7H2. The van der Waals surface area contributed by atoms with Gasteiger partial charge in [0.25, 0.3) is 0 Å². The zero-order chi connectivity index (χ0) is 7.94. The molecule has 0 saturated carbocycles. The number of rotatable bonds is 5. The molecule has 0 atom stereocenters. The summed E-state index contributed by atoms with van der Waals surface area (Å²) in [4.78, 5) is 0. The minimum atomic E-state index is 0.331. The van der Waals surface area contributed by atoms with Gasteiger partial charge < -0.3 is 9.47 Å². The summed E-state index contributed by atoms with van der Waals surface area (Å²) in [6.07, 6.45) is 2.91. The van der Waals surface area contributed by atoms with Gasteiger partial charge in [-0.2, -0.15) is 5.26 Å². The van der Waals surface area contributed by atoms with E-state index in [1.165, 1.54) is 0 Å². The van der Waals surface area contributed by atoms with E-state index in [1.54, 1.807) is 0 Å². The van der Waals surface area contributed by atoms with Gasteiger partial charge in [-0.3, -0.25) is 0 Å². The van der Waals surface area contributed by atoms with Crippen LogP contribution in [-0.2, 0) is 9.47 Å². The number of hydrogen-bond acceptors (Lipinski definition) is 3. The summed E-state index contributed by atoms with van der Waals surface area (Å²) >= 11 is 0. The van der Waals surface area contributed by atoms with E-state index in [4.69, 9.17) is 14.7 Å². The van der Waals surface area contributed by atoms with Crippen molar-refractivity contribution in [2.45, 2.75) is 25.4 Å². The maximum absolute atomic E-state index is 8.22. The highest BCUT2D eigenvalue weighted by Gasteiger charge is 2.17. The third-order valence-corrected chi connectivity index (χ3v) is 1.64. The van der Waals surface area contributed by atoms with Crippen molar-refractivity contribution in [1.82, 2.24) is 0 Å². The van der Waals surface area contributed by atoms with Crippen LogP contribution in [0.3, 0.4) is 0 Å². The van der Waals surface area contributed by atoms with Gasteiger partial charge in [0, 0.05) is 13.0 Å². The van der Waals surface area contributed by atoms with E-state index in [0.29, 0.717) is 12.5 Å². The Hall–Kier alpha value is -0.590. The van der Waals surface area contributed by atoms with Gasteiger partial charge in [0.1, 0.15) is 6.10 Å². The highest BCUT2D eigenvalue weighted by atomic mass is 16.6. The SMILES string of the molecule is N#CCCCCOC1COC1. The zero-order valence-electron chi connectivity index (χ0n) is 6.58. The fourth-order valence-corrected chi connectivity index (χ4v) is 0.866. The molecule has 0 spiro atoms. The molecule has 0 aromatic heterocycles. The average molecular weight is 155 g/mol. The van der Waals surface area contributed by atoms with Crippen LogP contribution in [0.2, 0.25) is 0 Å². The molecular formula is C8H13NO2. The first-order chi connectivity index (χ1) is 5.43. The van der Waals surface area contributed by atoms with E-state index in [0.717, 1.165) is 32.7 Å². The smallest absolute Gasteiger partial charge is 0.104 e. The molecule has 1 fully saturated rings. The maximum Gasteiger partial charge on any atom is 0.104 e. The lowest BCUT2D eigenvalue weighted by atomic mass is 10.2. The number of hydrogen-bond donors (Lipinski definition) is 0. The zero-order valence-corrected chi connectivity index (χ0v) is 6.58. The van der Waals surface area contributed by atoms with Gasteiger partial charge in [-0.1, -0.05) is 0 Å². The lowest BCUT2D eigenvalue weighted by Crippen LogP contribution is -2.36. The first kappa shape index (κ1) is 8.51. The number of nitrogens with zero attached hydrogens (tertiary/aromatic N) is 1. The predicted molar refractivity (Wildman–Crippen MR) is 40.0 cm³/mol. The van der Waals surface area contributed by atoms with Crippen molar-refractivity contribution < 1.29 is 9.47 Å². The third-order valence-electron chi connectivity index (χ3n) is 1.64. The Balaban J connectivity index is 1.77. The molecule has 0 N–H and O–H groups in total. The summed E-state index contributed by atoms with van der Waals surface area (Å²) in [5.41, 5.74) is 0. The Morgan fingerprint density at radius 3 is 2.82 bits per heavy atom. The molecule has 62 valence electrons. The minimum absolute atomic E-state index is 0.331. The molecule has 11 heavy (non-hydrogen) atoms. The fraction of sp³-hybridized carbons (Fsp3) is 0.875. The average Bonchev–Trinajstić information content (AvgIpc) is 1.93. The van der Waals surface area contributed by atoms with E-state index < -0.39 is 0 Å². The van der Waals surface area contributed by atoms with E-state index in [9.17, 15) is 0 Å². The molecule has 1 saturated heterocycles. The molecular weight excluding hydrogens is 142 g/mol. The van der Waals surface area contributed by atoms with E-state index in [2.05, 4.69) is 6.07 Å². The second-order valence-corrected chi connectivity index (χ2v) is 2.65. The monoisotopic (exact) mass is 155 g/mol. The van der Waals surface area contributed by atoms with Gasteiger partial charge in [-0.15, -0.1) is 0 Å². The molecule has 1 rings (SSSR count).